The molecule has 3 aromatic rings. The molecule has 2 aliphatic rings. The van der Waals surface area contributed by atoms with E-state index in [1.54, 1.807) is 0 Å². The van der Waals surface area contributed by atoms with Crippen LogP contribution in [-0.4, -0.2) is 45.6 Å². The Morgan fingerprint density at radius 1 is 0.652 bits per heavy atom. The number of hydrogen-bond acceptors (Lipinski definition) is 4. The highest BCUT2D eigenvalue weighted by atomic mass is 16.6. The van der Waals surface area contributed by atoms with Gasteiger partial charge in [0.2, 0.25) is 0 Å². The Kier molecular flexibility index (Phi) is 3.19. The SMILES string of the molecule is c1cc2c(cc1B1OCCO1)[nH]c1cc(B3OCCO3)ccc12. The molecule has 0 radical (unpaired) electrons. The number of benzene rings is 2. The van der Waals surface area contributed by atoms with Gasteiger partial charge < -0.3 is 23.6 Å². The van der Waals surface area contributed by atoms with Gasteiger partial charge >= 0.3 is 14.2 Å². The van der Waals surface area contributed by atoms with Crippen molar-refractivity contribution in [3.8, 4) is 0 Å². The second kappa shape index (κ2) is 5.39. The van der Waals surface area contributed by atoms with Crippen molar-refractivity contribution in [2.24, 2.45) is 0 Å². The van der Waals surface area contributed by atoms with E-state index >= 15 is 0 Å². The van der Waals surface area contributed by atoms with Crippen LogP contribution in [0.4, 0.5) is 0 Å². The lowest BCUT2D eigenvalue weighted by Gasteiger charge is -2.04. The minimum absolute atomic E-state index is 0.248. The van der Waals surface area contributed by atoms with Gasteiger partial charge in [-0.1, -0.05) is 24.3 Å². The average molecular weight is 307 g/mol. The van der Waals surface area contributed by atoms with Gasteiger partial charge in [0.05, 0.1) is 26.4 Å². The Morgan fingerprint density at radius 2 is 1.09 bits per heavy atom. The third-order valence-corrected chi connectivity index (χ3v) is 4.43. The van der Waals surface area contributed by atoms with Crippen LogP contribution in [0.2, 0.25) is 0 Å². The number of hydrogen-bond donors (Lipinski definition) is 1. The first-order valence-corrected chi connectivity index (χ1v) is 7.90. The van der Waals surface area contributed by atoms with Crippen LogP contribution in [0.25, 0.3) is 21.8 Å². The third-order valence-electron chi connectivity index (χ3n) is 4.43. The minimum Gasteiger partial charge on any atom is -0.405 e. The first kappa shape index (κ1) is 13.6. The maximum absolute atomic E-state index is 5.58. The molecule has 0 amide bonds. The predicted octanol–water partition coefficient (Wildman–Crippen LogP) is 0.805. The molecule has 0 unspecified atom stereocenters. The molecule has 2 saturated heterocycles. The highest BCUT2D eigenvalue weighted by Gasteiger charge is 2.28. The smallest absolute Gasteiger partial charge is 0.405 e. The van der Waals surface area contributed by atoms with E-state index in [2.05, 4.69) is 41.4 Å². The molecule has 0 atom stereocenters. The third kappa shape index (κ3) is 2.28. The number of aromatic nitrogens is 1. The van der Waals surface area contributed by atoms with Crippen LogP contribution in [-0.2, 0) is 18.6 Å². The van der Waals surface area contributed by atoms with Crippen LogP contribution in [0.1, 0.15) is 0 Å². The van der Waals surface area contributed by atoms with Crippen LogP contribution in [0.5, 0.6) is 0 Å². The van der Waals surface area contributed by atoms with Crippen molar-refractivity contribution in [2.45, 2.75) is 0 Å². The fraction of sp³-hybridized carbons (Fsp3) is 0.250. The monoisotopic (exact) mass is 307 g/mol. The van der Waals surface area contributed by atoms with Crippen molar-refractivity contribution in [1.29, 1.82) is 0 Å². The van der Waals surface area contributed by atoms with Gasteiger partial charge in [-0.05, 0) is 23.1 Å². The Morgan fingerprint density at radius 3 is 1.52 bits per heavy atom. The number of aromatic amines is 1. The van der Waals surface area contributed by atoms with Gasteiger partial charge in [0.1, 0.15) is 0 Å². The quantitative estimate of drug-likeness (QED) is 0.712. The molecule has 2 aromatic carbocycles. The number of nitrogens with one attached hydrogen (secondary N) is 1. The second-order valence-corrected chi connectivity index (χ2v) is 5.88. The molecule has 3 heterocycles. The van der Waals surface area contributed by atoms with Crippen molar-refractivity contribution >= 4 is 47.0 Å². The van der Waals surface area contributed by atoms with Crippen LogP contribution < -0.4 is 10.9 Å². The molecule has 7 heteroatoms. The molecule has 1 N–H and O–H groups in total. The van der Waals surface area contributed by atoms with E-state index in [4.69, 9.17) is 18.6 Å². The Balaban J connectivity index is 1.59. The van der Waals surface area contributed by atoms with Crippen molar-refractivity contribution in [1.82, 2.24) is 4.98 Å². The number of fused-ring (bicyclic) bond motifs is 3. The maximum Gasteiger partial charge on any atom is 0.494 e. The molecule has 2 aliphatic heterocycles. The van der Waals surface area contributed by atoms with Crippen molar-refractivity contribution in [3.05, 3.63) is 36.4 Å². The summed E-state index contributed by atoms with van der Waals surface area (Å²) in [6.07, 6.45) is 0. The molecule has 1 aromatic heterocycles. The van der Waals surface area contributed by atoms with Crippen molar-refractivity contribution < 1.29 is 18.6 Å². The summed E-state index contributed by atoms with van der Waals surface area (Å²) in [6.45, 7) is 2.61. The van der Waals surface area contributed by atoms with Gasteiger partial charge in [-0.3, -0.25) is 0 Å². The average Bonchev–Trinajstić information content (AvgIpc) is 3.32. The molecular weight excluding hydrogens is 292 g/mol. The zero-order chi connectivity index (χ0) is 15.2. The zero-order valence-corrected chi connectivity index (χ0v) is 12.6. The first-order valence-electron chi connectivity index (χ1n) is 7.90. The Bertz CT molecular complexity index is 799. The second-order valence-electron chi connectivity index (χ2n) is 5.88. The number of H-pyrrole nitrogens is 1. The van der Waals surface area contributed by atoms with E-state index in [0.29, 0.717) is 26.4 Å². The highest BCUT2D eigenvalue weighted by Crippen LogP contribution is 2.24. The molecule has 2 fully saturated rings. The Labute approximate surface area is 134 Å². The van der Waals surface area contributed by atoms with Crippen LogP contribution in [0.15, 0.2) is 36.4 Å². The Hall–Kier alpha value is -1.79. The summed E-state index contributed by atoms with van der Waals surface area (Å²) < 4.78 is 22.3. The lowest BCUT2D eigenvalue weighted by Crippen LogP contribution is -2.31. The normalized spacial score (nSPS) is 18.6. The van der Waals surface area contributed by atoms with E-state index in [0.717, 1.165) is 22.0 Å². The lowest BCUT2D eigenvalue weighted by molar-refractivity contribution is 0.365. The molecule has 0 aliphatic carbocycles. The predicted molar refractivity (Wildman–Crippen MR) is 90.4 cm³/mol. The van der Waals surface area contributed by atoms with E-state index in [9.17, 15) is 0 Å². The van der Waals surface area contributed by atoms with Crippen LogP contribution in [0, 0.1) is 0 Å². The summed E-state index contributed by atoms with van der Waals surface area (Å²) in [7, 11) is -0.497. The van der Waals surface area contributed by atoms with Crippen molar-refractivity contribution in [2.75, 3.05) is 26.4 Å². The zero-order valence-electron chi connectivity index (χ0n) is 12.6. The van der Waals surface area contributed by atoms with Gasteiger partial charge in [0.15, 0.2) is 0 Å². The van der Waals surface area contributed by atoms with E-state index < -0.39 is 0 Å². The van der Waals surface area contributed by atoms with E-state index in [1.807, 2.05) is 0 Å². The van der Waals surface area contributed by atoms with Crippen LogP contribution in [0.3, 0.4) is 0 Å². The largest absolute Gasteiger partial charge is 0.494 e. The molecule has 5 rings (SSSR count). The van der Waals surface area contributed by atoms with Gasteiger partial charge in [0, 0.05) is 21.8 Å². The van der Waals surface area contributed by atoms with Gasteiger partial charge in [-0.15, -0.1) is 0 Å². The fourth-order valence-corrected chi connectivity index (χ4v) is 3.34. The summed E-state index contributed by atoms with van der Waals surface area (Å²) >= 11 is 0. The molecule has 114 valence electrons. The summed E-state index contributed by atoms with van der Waals surface area (Å²) in [5.74, 6) is 0. The fourth-order valence-electron chi connectivity index (χ4n) is 3.34. The minimum atomic E-state index is -0.248. The molecule has 0 spiro atoms. The van der Waals surface area contributed by atoms with E-state index in [-0.39, 0.29) is 14.2 Å². The van der Waals surface area contributed by atoms with Crippen molar-refractivity contribution in [3.63, 3.8) is 0 Å². The molecule has 5 nitrogen and oxygen atoms in total. The molecule has 0 saturated carbocycles. The highest BCUT2D eigenvalue weighted by molar-refractivity contribution is 6.62. The first-order chi connectivity index (χ1) is 11.4. The summed E-state index contributed by atoms with van der Waals surface area (Å²) in [5, 5.41) is 2.39. The maximum atomic E-state index is 5.58. The van der Waals surface area contributed by atoms with Gasteiger partial charge in [-0.25, -0.2) is 0 Å². The molecule has 0 bridgehead atoms. The number of rotatable bonds is 2. The lowest BCUT2D eigenvalue weighted by atomic mass is 9.78. The molecule has 23 heavy (non-hydrogen) atoms. The topological polar surface area (TPSA) is 52.7 Å². The van der Waals surface area contributed by atoms with Gasteiger partial charge in [-0.2, -0.15) is 0 Å². The van der Waals surface area contributed by atoms with Gasteiger partial charge in [0.25, 0.3) is 0 Å². The van der Waals surface area contributed by atoms with Crippen LogP contribution >= 0.6 is 0 Å². The summed E-state index contributed by atoms with van der Waals surface area (Å²) in [6, 6.07) is 12.6. The molecular formula is C16H15B2NO4. The summed E-state index contributed by atoms with van der Waals surface area (Å²) in [5.41, 5.74) is 4.26. The standard InChI is InChI=1S/C16H15B2NO4/c1-3-13-14-4-2-12(18-22-7-8-23-18)10-16(14)19-15(13)9-11(1)17-20-5-6-21-17/h1-4,9-10,19H,5-8H2. The van der Waals surface area contributed by atoms with E-state index in [1.165, 1.54) is 10.8 Å². The summed E-state index contributed by atoms with van der Waals surface area (Å²) in [4.78, 5) is 3.48.